The van der Waals surface area contributed by atoms with Gasteiger partial charge in [-0.25, -0.2) is 0 Å². The Hall–Kier alpha value is -3.12. The van der Waals surface area contributed by atoms with E-state index in [-0.39, 0.29) is 10.8 Å². The maximum Gasteiger partial charge on any atom is 0.0365 e. The molecule has 0 aromatic heterocycles. The van der Waals surface area contributed by atoms with E-state index in [1.165, 1.54) is 22.3 Å². The highest BCUT2D eigenvalue weighted by molar-refractivity contribution is 5.56. The zero-order valence-electron chi connectivity index (χ0n) is 19.7. The van der Waals surface area contributed by atoms with Crippen molar-refractivity contribution in [3.8, 4) is 0 Å². The normalized spacial score (nSPS) is 12.3. The zero-order chi connectivity index (χ0) is 22.6. The molecule has 0 saturated heterocycles. The van der Waals surface area contributed by atoms with Gasteiger partial charge in [0.2, 0.25) is 0 Å². The predicted molar refractivity (Wildman–Crippen MR) is 137 cm³/mol. The van der Waals surface area contributed by atoms with E-state index in [1.54, 1.807) is 0 Å². The Kier molecular flexibility index (Phi) is 6.33. The molecule has 32 heavy (non-hydrogen) atoms. The topological polar surface area (TPSA) is 0 Å². The van der Waals surface area contributed by atoms with E-state index in [0.29, 0.717) is 11.8 Å². The minimum Gasteiger partial charge on any atom is -0.0622 e. The van der Waals surface area contributed by atoms with E-state index < -0.39 is 0 Å². The highest BCUT2D eigenvalue weighted by Gasteiger charge is 2.58. The second-order valence-electron chi connectivity index (χ2n) is 9.39. The SMILES string of the molecule is CC(C)C(c1ccccc1)(c1ccccc1)C(c1ccccc1)(c1ccccc1)C(C)C. The smallest absolute Gasteiger partial charge is 0.0365 e. The summed E-state index contributed by atoms with van der Waals surface area (Å²) in [7, 11) is 0. The molecular weight excluding hydrogens is 384 g/mol. The largest absolute Gasteiger partial charge is 0.0622 e. The van der Waals surface area contributed by atoms with Gasteiger partial charge in [0.05, 0.1) is 0 Å². The van der Waals surface area contributed by atoms with Crippen LogP contribution in [0.5, 0.6) is 0 Å². The maximum atomic E-state index is 2.39. The minimum absolute atomic E-state index is 0.271. The molecule has 4 rings (SSSR count). The molecule has 0 aliphatic heterocycles. The molecule has 0 aliphatic carbocycles. The van der Waals surface area contributed by atoms with Crippen molar-refractivity contribution in [3.63, 3.8) is 0 Å². The summed E-state index contributed by atoms with van der Waals surface area (Å²) in [6.07, 6.45) is 0. The Morgan fingerprint density at radius 1 is 0.344 bits per heavy atom. The Bertz CT molecular complexity index is 922. The molecule has 0 aliphatic rings. The fraction of sp³-hybridized carbons (Fsp3) is 0.250. The van der Waals surface area contributed by atoms with Crippen LogP contribution in [0, 0.1) is 11.8 Å². The lowest BCUT2D eigenvalue weighted by Crippen LogP contribution is -2.57. The molecule has 0 atom stereocenters. The van der Waals surface area contributed by atoms with E-state index in [0.717, 1.165) is 0 Å². The van der Waals surface area contributed by atoms with Crippen molar-refractivity contribution in [3.05, 3.63) is 144 Å². The third-order valence-corrected chi connectivity index (χ3v) is 7.27. The second kappa shape index (κ2) is 9.17. The van der Waals surface area contributed by atoms with Crippen LogP contribution in [0.2, 0.25) is 0 Å². The van der Waals surface area contributed by atoms with Crippen molar-refractivity contribution < 1.29 is 0 Å². The van der Waals surface area contributed by atoms with Crippen molar-refractivity contribution in [1.82, 2.24) is 0 Å². The van der Waals surface area contributed by atoms with Crippen molar-refractivity contribution in [1.29, 1.82) is 0 Å². The van der Waals surface area contributed by atoms with Crippen LogP contribution in [0.3, 0.4) is 0 Å². The third kappa shape index (κ3) is 3.30. The number of benzene rings is 4. The molecule has 0 amide bonds. The summed E-state index contributed by atoms with van der Waals surface area (Å²) in [5.74, 6) is 0.685. The molecule has 0 nitrogen and oxygen atoms in total. The lowest BCUT2D eigenvalue weighted by molar-refractivity contribution is 0.172. The molecule has 0 radical (unpaired) electrons. The average molecular weight is 419 g/mol. The lowest BCUT2D eigenvalue weighted by atomic mass is 9.44. The fourth-order valence-electron chi connectivity index (χ4n) is 6.29. The van der Waals surface area contributed by atoms with E-state index in [4.69, 9.17) is 0 Å². The van der Waals surface area contributed by atoms with Gasteiger partial charge >= 0.3 is 0 Å². The molecule has 0 saturated carbocycles. The van der Waals surface area contributed by atoms with Gasteiger partial charge in [-0.1, -0.05) is 149 Å². The molecule has 0 bridgehead atoms. The summed E-state index contributed by atoms with van der Waals surface area (Å²) in [6.45, 7) is 9.57. The van der Waals surface area contributed by atoms with Crippen LogP contribution in [0.15, 0.2) is 121 Å². The monoisotopic (exact) mass is 418 g/mol. The summed E-state index contributed by atoms with van der Waals surface area (Å²) in [4.78, 5) is 0. The quantitative estimate of drug-likeness (QED) is 0.283. The van der Waals surface area contributed by atoms with Crippen LogP contribution >= 0.6 is 0 Å². The number of hydrogen-bond acceptors (Lipinski definition) is 0. The van der Waals surface area contributed by atoms with E-state index in [1.807, 2.05) is 0 Å². The summed E-state index contributed by atoms with van der Waals surface area (Å²) in [6, 6.07) is 44.7. The number of hydrogen-bond donors (Lipinski definition) is 0. The third-order valence-electron chi connectivity index (χ3n) is 7.27. The average Bonchev–Trinajstić information content (AvgIpc) is 2.84. The molecule has 4 aromatic carbocycles. The first kappa shape index (κ1) is 22.1. The molecule has 0 unspecified atom stereocenters. The van der Waals surface area contributed by atoms with Crippen molar-refractivity contribution in [2.75, 3.05) is 0 Å². The van der Waals surface area contributed by atoms with E-state index in [2.05, 4.69) is 149 Å². The van der Waals surface area contributed by atoms with Gasteiger partial charge in [0, 0.05) is 10.8 Å². The molecular formula is C32H34. The molecule has 0 heteroatoms. The summed E-state index contributed by atoms with van der Waals surface area (Å²) < 4.78 is 0. The van der Waals surface area contributed by atoms with Gasteiger partial charge in [-0.05, 0) is 34.1 Å². The van der Waals surface area contributed by atoms with Crippen molar-refractivity contribution in [2.45, 2.75) is 38.5 Å². The van der Waals surface area contributed by atoms with Gasteiger partial charge in [-0.15, -0.1) is 0 Å². The zero-order valence-corrected chi connectivity index (χ0v) is 19.7. The maximum absolute atomic E-state index is 2.39. The summed E-state index contributed by atoms with van der Waals surface area (Å²) in [5, 5.41) is 0. The van der Waals surface area contributed by atoms with Gasteiger partial charge < -0.3 is 0 Å². The van der Waals surface area contributed by atoms with Crippen LogP contribution in [0.25, 0.3) is 0 Å². The van der Waals surface area contributed by atoms with Gasteiger partial charge in [0.25, 0.3) is 0 Å². The molecule has 162 valence electrons. The van der Waals surface area contributed by atoms with Crippen molar-refractivity contribution in [2.24, 2.45) is 11.8 Å². The first-order valence-corrected chi connectivity index (χ1v) is 11.8. The van der Waals surface area contributed by atoms with Crippen LogP contribution < -0.4 is 0 Å². The van der Waals surface area contributed by atoms with Gasteiger partial charge in [0.1, 0.15) is 0 Å². The highest BCUT2D eigenvalue weighted by atomic mass is 14.6. The van der Waals surface area contributed by atoms with E-state index >= 15 is 0 Å². The summed E-state index contributed by atoms with van der Waals surface area (Å²) in [5.41, 5.74) is 4.91. The Morgan fingerprint density at radius 2 is 0.531 bits per heavy atom. The Labute approximate surface area is 194 Å². The fourth-order valence-corrected chi connectivity index (χ4v) is 6.29. The molecule has 0 N–H and O–H groups in total. The lowest BCUT2D eigenvalue weighted by Gasteiger charge is -2.57. The first-order valence-electron chi connectivity index (χ1n) is 11.8. The molecule has 0 heterocycles. The Morgan fingerprint density at radius 3 is 0.688 bits per heavy atom. The highest BCUT2D eigenvalue weighted by Crippen LogP contribution is 2.60. The summed E-state index contributed by atoms with van der Waals surface area (Å²) >= 11 is 0. The van der Waals surface area contributed by atoms with Crippen LogP contribution in [0.4, 0.5) is 0 Å². The van der Waals surface area contributed by atoms with Gasteiger partial charge in [-0.3, -0.25) is 0 Å². The standard InChI is InChI=1S/C32H34/c1-25(2)31(27-17-9-5-10-18-27,28-19-11-6-12-20-28)32(26(3)4,29-21-13-7-14-22-29)30-23-15-8-16-24-30/h5-26H,1-4H3. The first-order chi connectivity index (χ1) is 15.6. The van der Waals surface area contributed by atoms with Gasteiger partial charge in [-0.2, -0.15) is 0 Å². The van der Waals surface area contributed by atoms with Gasteiger partial charge in [0.15, 0.2) is 0 Å². The molecule has 4 aromatic rings. The van der Waals surface area contributed by atoms with Crippen molar-refractivity contribution >= 4 is 0 Å². The van der Waals surface area contributed by atoms with E-state index in [9.17, 15) is 0 Å². The molecule has 0 spiro atoms. The number of rotatable bonds is 7. The van der Waals surface area contributed by atoms with Crippen LogP contribution in [0.1, 0.15) is 49.9 Å². The second-order valence-corrected chi connectivity index (χ2v) is 9.39. The minimum atomic E-state index is -0.271. The Balaban J connectivity index is 2.26. The molecule has 0 fully saturated rings. The predicted octanol–water partition coefficient (Wildman–Crippen LogP) is 8.27. The van der Waals surface area contributed by atoms with Crippen LogP contribution in [-0.4, -0.2) is 0 Å². The van der Waals surface area contributed by atoms with Crippen LogP contribution in [-0.2, 0) is 10.8 Å².